The molecule has 6 heteroatoms. The quantitative estimate of drug-likeness (QED) is 0.717. The predicted molar refractivity (Wildman–Crippen MR) is 103 cm³/mol. The Morgan fingerprint density at radius 3 is 2.77 bits per heavy atom. The Morgan fingerprint density at radius 2 is 1.96 bits per heavy atom. The number of fused-ring (bicyclic) bond motifs is 1. The molecule has 0 radical (unpaired) electrons. The maximum atomic E-state index is 10.4. The summed E-state index contributed by atoms with van der Waals surface area (Å²) in [5, 5.41) is 16.2. The molecule has 0 aliphatic carbocycles. The van der Waals surface area contributed by atoms with Crippen molar-refractivity contribution in [1.82, 2.24) is 5.32 Å². The molecule has 2 unspecified atom stereocenters. The van der Waals surface area contributed by atoms with Gasteiger partial charge in [0.05, 0.1) is 5.56 Å². The van der Waals surface area contributed by atoms with E-state index in [0.29, 0.717) is 11.7 Å². The molecule has 0 fully saturated rings. The first-order valence-corrected chi connectivity index (χ1v) is 9.52. The second-order valence-electron chi connectivity index (χ2n) is 6.98. The number of quaternary nitrogens is 1. The van der Waals surface area contributed by atoms with E-state index in [1.165, 1.54) is 0 Å². The summed E-state index contributed by atoms with van der Waals surface area (Å²) < 4.78 is 11.9. The summed E-state index contributed by atoms with van der Waals surface area (Å²) in [6, 6.07) is 11.5. The molecule has 4 rings (SSSR count). The largest absolute Gasteiger partial charge is 0.507 e. The molecule has 5 nitrogen and oxygen atoms in total. The van der Waals surface area contributed by atoms with Crippen molar-refractivity contribution in [2.45, 2.75) is 26.1 Å². The molecule has 0 saturated heterocycles. The zero-order chi connectivity index (χ0) is 18.3. The maximum Gasteiger partial charge on any atom is 0.231 e. The summed E-state index contributed by atoms with van der Waals surface area (Å²) in [5.74, 6) is 2.27. The van der Waals surface area contributed by atoms with Gasteiger partial charge in [0.25, 0.3) is 0 Å². The van der Waals surface area contributed by atoms with Gasteiger partial charge in [0, 0.05) is 27.7 Å². The van der Waals surface area contributed by atoms with E-state index in [1.54, 1.807) is 6.07 Å². The minimum Gasteiger partial charge on any atom is -0.507 e. The average Bonchev–Trinajstić information content (AvgIpc) is 3.11. The van der Waals surface area contributed by atoms with Crippen molar-refractivity contribution in [3.8, 4) is 17.2 Å². The van der Waals surface area contributed by atoms with Crippen molar-refractivity contribution < 1.29 is 19.9 Å². The van der Waals surface area contributed by atoms with Crippen molar-refractivity contribution in [3.05, 3.63) is 58.1 Å². The van der Waals surface area contributed by atoms with E-state index < -0.39 is 0 Å². The monoisotopic (exact) mass is 417 g/mol. The van der Waals surface area contributed by atoms with Crippen molar-refractivity contribution in [3.63, 3.8) is 0 Å². The normalized spacial score (nSPS) is 21.5. The van der Waals surface area contributed by atoms with Gasteiger partial charge >= 0.3 is 0 Å². The van der Waals surface area contributed by atoms with Crippen LogP contribution in [0, 0.1) is 5.92 Å². The Morgan fingerprint density at radius 1 is 1.15 bits per heavy atom. The van der Waals surface area contributed by atoms with Crippen LogP contribution in [0.5, 0.6) is 17.2 Å². The number of hydrogen-bond acceptors (Lipinski definition) is 4. The van der Waals surface area contributed by atoms with Gasteiger partial charge in [0.2, 0.25) is 6.79 Å². The first-order chi connectivity index (χ1) is 12.5. The van der Waals surface area contributed by atoms with E-state index in [4.69, 9.17) is 9.47 Å². The van der Waals surface area contributed by atoms with E-state index in [-0.39, 0.29) is 19.0 Å². The molecule has 26 heavy (non-hydrogen) atoms. The van der Waals surface area contributed by atoms with Gasteiger partial charge in [-0.25, -0.2) is 0 Å². The van der Waals surface area contributed by atoms with Crippen LogP contribution in [-0.4, -0.2) is 18.1 Å². The first kappa shape index (κ1) is 17.2. The maximum absolute atomic E-state index is 10.4. The molecule has 0 bridgehead atoms. The summed E-state index contributed by atoms with van der Waals surface area (Å²) in [6.07, 6.45) is 2.35. The average molecular weight is 418 g/mol. The predicted octanol–water partition coefficient (Wildman–Crippen LogP) is 3.11. The molecule has 2 atom stereocenters. The molecule has 2 heterocycles. The van der Waals surface area contributed by atoms with Crippen molar-refractivity contribution in [1.29, 1.82) is 0 Å². The fourth-order valence-corrected chi connectivity index (χ4v) is 3.73. The summed E-state index contributed by atoms with van der Waals surface area (Å²) in [5.41, 5.74) is 2.98. The number of phenols is 1. The van der Waals surface area contributed by atoms with Gasteiger partial charge in [-0.15, -0.1) is 0 Å². The number of hydrogen-bond donors (Lipinski definition) is 3. The van der Waals surface area contributed by atoms with Crippen LogP contribution in [0.2, 0.25) is 0 Å². The Bertz CT molecular complexity index is 866. The molecule has 136 valence electrons. The third kappa shape index (κ3) is 3.27. The zero-order valence-corrected chi connectivity index (χ0v) is 16.3. The lowest BCUT2D eigenvalue weighted by molar-refractivity contribution is -0.729. The Labute approximate surface area is 161 Å². The molecule has 0 spiro atoms. The topological polar surface area (TPSA) is 67.3 Å². The number of phenolic OH excluding ortho intramolecular Hbond substituents is 1. The van der Waals surface area contributed by atoms with Gasteiger partial charge in [-0.05, 0) is 36.4 Å². The number of nitrogens with one attached hydrogen (secondary N) is 1. The lowest BCUT2D eigenvalue weighted by Gasteiger charge is -2.32. The zero-order valence-electron chi connectivity index (χ0n) is 14.7. The standard InChI is InChI=1S/C20H21BrN2O3/c1-11(2)20-22-15(12-3-6-18-19(7-12)26-10-25-18)9-16(23-20)14-8-13(21)4-5-17(14)24/h3-9,11,16,20,22-24H,10H2,1-2H3/p+1. The van der Waals surface area contributed by atoms with E-state index >= 15 is 0 Å². The van der Waals surface area contributed by atoms with Crippen LogP contribution in [0.1, 0.15) is 31.0 Å². The Hall–Kier alpha value is -2.18. The van der Waals surface area contributed by atoms with Crippen LogP contribution < -0.4 is 20.1 Å². The van der Waals surface area contributed by atoms with Crippen LogP contribution in [0.4, 0.5) is 0 Å². The summed E-state index contributed by atoms with van der Waals surface area (Å²) in [6.45, 7) is 4.64. The van der Waals surface area contributed by atoms with Gasteiger partial charge in [0.15, 0.2) is 17.7 Å². The second kappa shape index (κ2) is 6.85. The van der Waals surface area contributed by atoms with E-state index in [2.05, 4.69) is 46.5 Å². The van der Waals surface area contributed by atoms with Crippen molar-refractivity contribution in [2.24, 2.45) is 5.92 Å². The Kier molecular flexibility index (Phi) is 4.54. The van der Waals surface area contributed by atoms with E-state index in [1.807, 2.05) is 30.3 Å². The number of rotatable bonds is 3. The molecule has 2 aliphatic rings. The third-order valence-corrected chi connectivity index (χ3v) is 5.33. The molecule has 0 amide bonds. The van der Waals surface area contributed by atoms with Crippen LogP contribution in [0.25, 0.3) is 5.70 Å². The summed E-state index contributed by atoms with van der Waals surface area (Å²) >= 11 is 3.51. The number of nitrogens with two attached hydrogens (primary N) is 1. The van der Waals surface area contributed by atoms with Crippen molar-refractivity contribution in [2.75, 3.05) is 6.79 Å². The molecular formula is C20H22BrN2O3+. The highest BCUT2D eigenvalue weighted by Crippen LogP contribution is 2.35. The van der Waals surface area contributed by atoms with Gasteiger partial charge in [0.1, 0.15) is 11.8 Å². The van der Waals surface area contributed by atoms with Gasteiger partial charge in [-0.3, -0.25) is 0 Å². The van der Waals surface area contributed by atoms with E-state index in [0.717, 1.165) is 32.8 Å². The van der Waals surface area contributed by atoms with E-state index in [9.17, 15) is 5.11 Å². The number of benzene rings is 2. The van der Waals surface area contributed by atoms with Crippen LogP contribution in [0.3, 0.4) is 0 Å². The van der Waals surface area contributed by atoms with Crippen molar-refractivity contribution >= 4 is 21.6 Å². The number of ether oxygens (including phenoxy) is 2. The lowest BCUT2D eigenvalue weighted by Crippen LogP contribution is -2.96. The fraction of sp³-hybridized carbons (Fsp3) is 0.300. The molecule has 2 aliphatic heterocycles. The Balaban J connectivity index is 1.74. The smallest absolute Gasteiger partial charge is 0.231 e. The van der Waals surface area contributed by atoms with Crippen LogP contribution in [0.15, 0.2) is 46.9 Å². The van der Waals surface area contributed by atoms with Crippen LogP contribution in [-0.2, 0) is 0 Å². The third-order valence-electron chi connectivity index (χ3n) is 4.83. The molecule has 2 aromatic carbocycles. The lowest BCUT2D eigenvalue weighted by atomic mass is 9.97. The molecule has 0 aromatic heterocycles. The minimum absolute atomic E-state index is 0.0153. The molecule has 0 saturated carbocycles. The molecule has 4 N–H and O–H groups in total. The van der Waals surface area contributed by atoms with Gasteiger partial charge < -0.3 is 25.2 Å². The first-order valence-electron chi connectivity index (χ1n) is 8.73. The summed E-state index contributed by atoms with van der Waals surface area (Å²) in [7, 11) is 0. The van der Waals surface area contributed by atoms with Crippen LogP contribution >= 0.6 is 15.9 Å². The second-order valence-corrected chi connectivity index (χ2v) is 7.90. The molecule has 2 aromatic rings. The minimum atomic E-state index is 0.0153. The highest BCUT2D eigenvalue weighted by Gasteiger charge is 2.30. The number of aromatic hydroxyl groups is 1. The van der Waals surface area contributed by atoms with Gasteiger partial charge in [-0.2, -0.15) is 0 Å². The number of halogens is 1. The fourth-order valence-electron chi connectivity index (χ4n) is 3.35. The summed E-state index contributed by atoms with van der Waals surface area (Å²) in [4.78, 5) is 0. The highest BCUT2D eigenvalue weighted by molar-refractivity contribution is 9.10. The highest BCUT2D eigenvalue weighted by atomic mass is 79.9. The molecular weight excluding hydrogens is 396 g/mol. The SMILES string of the molecule is CC(C)C1NC(c2ccc3c(c2)OCO3)=CC(c2cc(Br)ccc2O)[NH2+]1. The van der Waals surface area contributed by atoms with Gasteiger partial charge in [-0.1, -0.05) is 29.8 Å².